The van der Waals surface area contributed by atoms with Crippen molar-refractivity contribution < 1.29 is 150 Å². The summed E-state index contributed by atoms with van der Waals surface area (Å²) in [5.74, 6) is -1.28. The van der Waals surface area contributed by atoms with Gasteiger partial charge in [0.25, 0.3) is 17.5 Å². The zero-order valence-corrected chi connectivity index (χ0v) is 69.4. The van der Waals surface area contributed by atoms with E-state index in [0.717, 1.165) is 58.3 Å². The molecule has 18 rings (SSSR count). The fraction of sp³-hybridized carbons (Fsp3) is 0.617. The summed E-state index contributed by atoms with van der Waals surface area (Å²) in [6, 6.07) is 19.6. The molecule has 0 aromatic heterocycles. The zero-order valence-electron chi connectivity index (χ0n) is 66.1. The fourth-order valence-electron chi connectivity index (χ4n) is 20.4. The molecule has 116 heavy (non-hydrogen) atoms. The summed E-state index contributed by atoms with van der Waals surface area (Å²) in [6.07, 6.45) is 0.533. The quantitative estimate of drug-likeness (QED) is 0.0183. The lowest BCUT2D eigenvalue weighted by Gasteiger charge is -2.68. The molecule has 4 aromatic rings. The fourth-order valence-corrected chi connectivity index (χ4v) is 23.1. The number of carboxylic acid groups (broad SMARTS) is 1. The molecule has 14 fully saturated rings. The maximum atomic E-state index is 13.7. The number of aliphatic hydroxyl groups excluding tert-OH is 5. The molecule has 4 aromatic carbocycles. The van der Waals surface area contributed by atoms with Gasteiger partial charge in [0.1, 0.15) is 109 Å². The molecule has 16 atom stereocenters. The van der Waals surface area contributed by atoms with Gasteiger partial charge in [-0.15, -0.1) is 0 Å². The van der Waals surface area contributed by atoms with E-state index in [1.807, 2.05) is 32.0 Å². The van der Waals surface area contributed by atoms with Gasteiger partial charge in [0.2, 0.25) is 0 Å². The van der Waals surface area contributed by atoms with Crippen LogP contribution in [-0.2, 0) is 110 Å². The number of hydrogen-bond acceptors (Lipinski definition) is 27. The molecule has 4 saturated heterocycles. The third-order valence-corrected chi connectivity index (χ3v) is 27.2. The molecule has 35 heteroatoms. The Morgan fingerprint density at radius 3 is 1.11 bits per heavy atom. The summed E-state index contributed by atoms with van der Waals surface area (Å²) in [5.41, 5.74) is 2.25. The lowest BCUT2D eigenvalue weighted by atomic mass is 9.47. The second-order valence-corrected chi connectivity index (χ2v) is 37.0. The molecule has 2 spiro atoms. The monoisotopic (exact) mass is 1700 g/mol. The number of carbonyl (C=O) groups is 3. The van der Waals surface area contributed by atoms with E-state index in [-0.39, 0.29) is 82.3 Å². The van der Waals surface area contributed by atoms with Crippen molar-refractivity contribution in [2.75, 3.05) is 14.2 Å². The molecule has 14 aliphatic rings. The van der Waals surface area contributed by atoms with Gasteiger partial charge in [-0.1, -0.05) is 71.7 Å². The number of carboxylic acids is 1. The van der Waals surface area contributed by atoms with Crippen molar-refractivity contribution in [3.05, 3.63) is 128 Å². The van der Waals surface area contributed by atoms with Crippen LogP contribution in [-0.4, -0.2) is 180 Å². The van der Waals surface area contributed by atoms with Crippen LogP contribution in [0.3, 0.4) is 0 Å². The number of halogens is 2. The molecule has 4 aliphatic heterocycles. The number of hydrogen-bond donors (Lipinski definition) is 8. The first-order chi connectivity index (χ1) is 54.2. The smallest absolute Gasteiger partial charge is 0.487 e. The third-order valence-electron chi connectivity index (χ3n) is 24.5. The Hall–Kier alpha value is -5.43. The van der Waals surface area contributed by atoms with Crippen molar-refractivity contribution >= 4 is 68.5 Å². The summed E-state index contributed by atoms with van der Waals surface area (Å²) in [5, 5.41) is 57.8. The number of ketones is 2. The Morgan fingerprint density at radius 2 is 0.810 bits per heavy atom. The zero-order chi connectivity index (χ0) is 82.6. The van der Waals surface area contributed by atoms with Gasteiger partial charge in [-0.3, -0.25) is 33.2 Å². The number of ether oxygens (including phenoxy) is 9. The maximum absolute atomic E-state index is 13.7. The molecule has 31 nitrogen and oxygen atoms in total. The lowest BCUT2D eigenvalue weighted by Crippen LogP contribution is -2.76. The van der Waals surface area contributed by atoms with Crippen LogP contribution < -0.4 is 18.5 Å². The van der Waals surface area contributed by atoms with Crippen LogP contribution in [0.15, 0.2) is 84.9 Å². The number of methoxy groups -OCH3 is 2. The molecule has 0 amide bonds. The van der Waals surface area contributed by atoms with Crippen LogP contribution in [0.4, 0.5) is 0 Å². The van der Waals surface area contributed by atoms with E-state index in [2.05, 4.69) is 0 Å². The average molecular weight is 1710 g/mol. The predicted octanol–water partition coefficient (Wildman–Crippen LogP) is 10.6. The highest BCUT2D eigenvalue weighted by atomic mass is 35.5. The Morgan fingerprint density at radius 1 is 0.491 bits per heavy atom. The minimum Gasteiger partial charge on any atom is -0.487 e. The van der Waals surface area contributed by atoms with Crippen molar-refractivity contribution in [3.8, 4) is 23.0 Å². The number of carbonyl (C=O) groups excluding carboxylic acids is 2. The Kier molecular flexibility index (Phi) is 25.7. The number of aliphatic hydroxyl groups is 5. The number of benzene rings is 4. The Balaban J connectivity index is 0.000000194. The number of rotatable bonds is 24. The van der Waals surface area contributed by atoms with Crippen molar-refractivity contribution in [3.63, 3.8) is 0 Å². The molecule has 10 aliphatic carbocycles. The van der Waals surface area contributed by atoms with Gasteiger partial charge in [-0.2, -0.15) is 9.78 Å². The molecular formula is C81H104Cl2O31P2. The Bertz CT molecular complexity index is 4310. The summed E-state index contributed by atoms with van der Waals surface area (Å²) in [7, 11) is -6.60. The van der Waals surface area contributed by atoms with E-state index < -0.39 is 129 Å². The predicted molar refractivity (Wildman–Crippen MR) is 410 cm³/mol. The van der Waals surface area contributed by atoms with Gasteiger partial charge in [0.05, 0.1) is 16.1 Å². The topological polar surface area (TPSA) is 436 Å². The van der Waals surface area contributed by atoms with Crippen molar-refractivity contribution in [1.82, 2.24) is 0 Å². The molecule has 638 valence electrons. The van der Waals surface area contributed by atoms with Gasteiger partial charge >= 0.3 is 15.6 Å². The summed E-state index contributed by atoms with van der Waals surface area (Å²) in [4.78, 5) is 78.6. The summed E-state index contributed by atoms with van der Waals surface area (Å²) < 4.78 is 105. The van der Waals surface area contributed by atoms with Crippen LogP contribution in [0, 0.1) is 47.3 Å². The van der Waals surface area contributed by atoms with Crippen LogP contribution in [0.2, 0.25) is 10.0 Å². The van der Waals surface area contributed by atoms with Gasteiger partial charge in [0.15, 0.2) is 34.3 Å². The first-order valence-electron chi connectivity index (χ1n) is 38.9. The van der Waals surface area contributed by atoms with Gasteiger partial charge in [-0.25, -0.2) is 18.9 Å². The van der Waals surface area contributed by atoms with Crippen molar-refractivity contribution in [2.24, 2.45) is 47.3 Å². The van der Waals surface area contributed by atoms with Crippen LogP contribution >= 0.6 is 38.8 Å². The highest BCUT2D eigenvalue weighted by Gasteiger charge is 2.79. The third kappa shape index (κ3) is 16.7. The molecule has 10 N–H and O–H groups in total. The van der Waals surface area contributed by atoms with Crippen molar-refractivity contribution in [2.45, 2.75) is 253 Å². The van der Waals surface area contributed by atoms with Gasteiger partial charge < -0.3 is 87.8 Å². The highest BCUT2D eigenvalue weighted by Crippen LogP contribution is 2.72. The van der Waals surface area contributed by atoms with E-state index in [9.17, 15) is 54.0 Å². The maximum Gasteiger partial charge on any atom is 0.527 e. The molecular weight excluding hydrogens is 1600 g/mol. The van der Waals surface area contributed by atoms with Crippen LogP contribution in [0.25, 0.3) is 12.2 Å². The minimum atomic E-state index is -5.02. The largest absolute Gasteiger partial charge is 0.527 e. The Labute approximate surface area is 681 Å². The van der Waals surface area contributed by atoms with E-state index in [4.69, 9.17) is 113 Å². The SMILES string of the molecule is CC(=O)O.COC1(c2ccc(/C=C/C(C)=O)c(OCc3ccc(OP(=O)(O)OC4[C@@H]5OC(C)(C)O[C@@H]5C(OC(C)C)[C@@H]5OC(C)(C)O[C@@H]45)cc3)c2Cl)OOC12C1CC3CC(C1)CC2C3.COC1(c2ccc(/C=C/C(C)=O)c(OCc3ccc(OP(=O)(O)OC4[C@H](O)[C@H](O)C(O)[C@H](O)[C@H]4O)cc3)c2Cl)OOC12C1CC3CC(C1)CC2C3.O. The van der Waals surface area contributed by atoms with E-state index in [0.29, 0.717) is 67.8 Å². The van der Waals surface area contributed by atoms with Crippen LogP contribution in [0.5, 0.6) is 23.0 Å². The standard InChI is InChI=1S/C44H56ClO14P.C35H42ClO14P.C2H4O2.H2O/c1-23(2)51-35-36-38(54-41(4,5)52-36)40(39-37(35)53-42(6,7)55-39)57-60(47,48)56-31-14-10-25(11-15-31)22-50-34-28(12-9-24(3)46)13-16-32(33(34)45)44(49-8)43(58-59-44)29-18-26-17-27(20-29)21-30(43)19-26;1-17(37)3-6-21-7-10-25(35(45-2)34(49-50-35)22-12-19-11-20(14-22)15-23(34)13-19)26(36)32(21)46-16-18-4-8-24(9-5-18)47-51(43,44)48-33-30(41)28(39)27(38)29(40)31(33)42;1-2(3)4;/h9-16,23,26-27,29-30,35-40H,17-22H2,1-8H3,(H,47,48);3-10,19-20,22-23,27-31,33,38-42H,11-16H2,1-2H3,(H,43,44);1H3,(H,3,4);1H2/b12-9+;6-3+;;/t26?,27?,29?,30?,35?,36-,37+,38-,39-,40?,43?,44?;19?,20?,22?,23?,27?,28-,29+,30-,31-,33?,34?,35?;;/m11../s1. The number of phosphoric ester groups is 2. The first-order valence-corrected chi connectivity index (χ1v) is 42.7. The number of allylic oxidation sites excluding steroid dienone is 2. The normalized spacial score (nSPS) is 37.8. The van der Waals surface area contributed by atoms with Crippen LogP contribution in [0.1, 0.15) is 160 Å². The lowest BCUT2D eigenvalue weighted by molar-refractivity contribution is -0.645. The molecule has 8 unspecified atom stereocenters. The summed E-state index contributed by atoms with van der Waals surface area (Å²) >= 11 is 14.4. The number of phosphoric acid groups is 2. The molecule has 0 radical (unpaired) electrons. The highest BCUT2D eigenvalue weighted by molar-refractivity contribution is 7.48. The second kappa shape index (κ2) is 33.8. The van der Waals surface area contributed by atoms with E-state index in [1.54, 1.807) is 96.5 Å². The first kappa shape index (κ1) is 88.4. The number of aliphatic carboxylic acids is 1. The van der Waals surface area contributed by atoms with Gasteiger partial charge in [0, 0.05) is 43.4 Å². The minimum absolute atomic E-state index is 0. The number of fused-ring (bicyclic) bond motifs is 2. The van der Waals surface area contributed by atoms with Crippen molar-refractivity contribution in [1.29, 1.82) is 0 Å². The van der Waals surface area contributed by atoms with Gasteiger partial charge in [-0.05, 0) is 227 Å². The van der Waals surface area contributed by atoms with E-state index >= 15 is 0 Å². The summed E-state index contributed by atoms with van der Waals surface area (Å²) in [6.45, 7) is 14.9. The molecule has 10 saturated carbocycles. The van der Waals surface area contributed by atoms with E-state index in [1.165, 1.54) is 51.0 Å². The average Bonchev–Trinajstić information content (AvgIpc) is 0.829. The molecule has 4 heterocycles. The molecule has 8 bridgehead atoms. The second-order valence-electron chi connectivity index (χ2n) is 33.6.